The van der Waals surface area contributed by atoms with Gasteiger partial charge in [-0.1, -0.05) is 6.92 Å². The van der Waals surface area contributed by atoms with E-state index in [1.165, 1.54) is 25.7 Å². The Morgan fingerprint density at radius 1 is 1.41 bits per heavy atom. The Morgan fingerprint density at radius 2 is 2.24 bits per heavy atom. The molecule has 17 heavy (non-hydrogen) atoms. The fourth-order valence-corrected chi connectivity index (χ4v) is 2.54. The fourth-order valence-electron chi connectivity index (χ4n) is 2.54. The lowest BCUT2D eigenvalue weighted by molar-refractivity contribution is 0.446. The third kappa shape index (κ3) is 2.68. The molecule has 1 N–H and O–H groups in total. The van der Waals surface area contributed by atoms with Crippen molar-refractivity contribution in [3.63, 3.8) is 0 Å². The SMILES string of the molecule is CCC1CCCCN1c1cc(C)nc(NC)n1. The third-order valence-corrected chi connectivity index (χ3v) is 3.46. The number of rotatable bonds is 3. The molecule has 4 heteroatoms. The van der Waals surface area contributed by atoms with Gasteiger partial charge in [0.15, 0.2) is 0 Å². The highest BCUT2D eigenvalue weighted by Crippen LogP contribution is 2.25. The second-order valence-electron chi connectivity index (χ2n) is 4.69. The number of hydrogen-bond donors (Lipinski definition) is 1. The summed E-state index contributed by atoms with van der Waals surface area (Å²) >= 11 is 0. The second-order valence-corrected chi connectivity index (χ2v) is 4.69. The molecule has 1 aromatic rings. The Morgan fingerprint density at radius 3 is 2.94 bits per heavy atom. The molecular weight excluding hydrogens is 212 g/mol. The molecule has 1 unspecified atom stereocenters. The quantitative estimate of drug-likeness (QED) is 0.872. The molecule has 0 amide bonds. The summed E-state index contributed by atoms with van der Waals surface area (Å²) in [6, 6.07) is 2.73. The Labute approximate surface area is 103 Å². The van der Waals surface area contributed by atoms with Crippen molar-refractivity contribution in [1.82, 2.24) is 9.97 Å². The van der Waals surface area contributed by atoms with Crippen molar-refractivity contribution in [1.29, 1.82) is 0 Å². The van der Waals surface area contributed by atoms with Crippen molar-refractivity contribution in [2.75, 3.05) is 23.8 Å². The lowest BCUT2D eigenvalue weighted by Crippen LogP contribution is -2.39. The molecule has 0 aliphatic carbocycles. The average Bonchev–Trinajstić information content (AvgIpc) is 2.37. The van der Waals surface area contributed by atoms with Crippen LogP contribution in [0.1, 0.15) is 38.3 Å². The molecule has 1 saturated heterocycles. The summed E-state index contributed by atoms with van der Waals surface area (Å²) < 4.78 is 0. The summed E-state index contributed by atoms with van der Waals surface area (Å²) in [5.74, 6) is 1.80. The lowest BCUT2D eigenvalue weighted by atomic mass is 10.00. The number of nitrogens with one attached hydrogen (secondary N) is 1. The monoisotopic (exact) mass is 234 g/mol. The molecule has 0 spiro atoms. The Balaban J connectivity index is 2.27. The summed E-state index contributed by atoms with van der Waals surface area (Å²) in [5.41, 5.74) is 1.03. The van der Waals surface area contributed by atoms with Crippen LogP contribution < -0.4 is 10.2 Å². The van der Waals surface area contributed by atoms with Crippen LogP contribution in [0.4, 0.5) is 11.8 Å². The van der Waals surface area contributed by atoms with Gasteiger partial charge < -0.3 is 10.2 Å². The maximum absolute atomic E-state index is 4.58. The Hall–Kier alpha value is -1.32. The van der Waals surface area contributed by atoms with Crippen LogP contribution in [0, 0.1) is 6.92 Å². The van der Waals surface area contributed by atoms with Crippen LogP contribution in [0.15, 0.2) is 6.07 Å². The molecule has 0 saturated carbocycles. The van der Waals surface area contributed by atoms with Gasteiger partial charge in [-0.25, -0.2) is 4.98 Å². The minimum Gasteiger partial charge on any atom is -0.357 e. The zero-order valence-electron chi connectivity index (χ0n) is 11.0. The molecule has 1 aliphatic rings. The first-order chi connectivity index (χ1) is 8.24. The van der Waals surface area contributed by atoms with E-state index in [0.717, 1.165) is 24.0 Å². The number of anilines is 2. The fraction of sp³-hybridized carbons (Fsp3) is 0.692. The number of nitrogens with zero attached hydrogens (tertiary/aromatic N) is 3. The third-order valence-electron chi connectivity index (χ3n) is 3.46. The minimum atomic E-state index is 0.641. The van der Waals surface area contributed by atoms with Gasteiger partial charge in [0.1, 0.15) is 5.82 Å². The maximum atomic E-state index is 4.58. The smallest absolute Gasteiger partial charge is 0.224 e. The zero-order chi connectivity index (χ0) is 12.3. The number of piperidine rings is 1. The van der Waals surface area contributed by atoms with Gasteiger partial charge in [-0.05, 0) is 32.6 Å². The van der Waals surface area contributed by atoms with Crippen LogP contribution in [0.3, 0.4) is 0 Å². The van der Waals surface area contributed by atoms with E-state index >= 15 is 0 Å². The van der Waals surface area contributed by atoms with Gasteiger partial charge in [-0.15, -0.1) is 0 Å². The topological polar surface area (TPSA) is 41.1 Å². The number of aromatic nitrogens is 2. The first kappa shape index (κ1) is 12.1. The van der Waals surface area contributed by atoms with E-state index in [1.54, 1.807) is 0 Å². The maximum Gasteiger partial charge on any atom is 0.224 e. The van der Waals surface area contributed by atoms with Crippen molar-refractivity contribution in [2.24, 2.45) is 0 Å². The van der Waals surface area contributed by atoms with Gasteiger partial charge in [0.2, 0.25) is 5.95 Å². The molecule has 2 rings (SSSR count). The molecule has 1 aliphatic heterocycles. The predicted molar refractivity (Wildman–Crippen MR) is 71.6 cm³/mol. The van der Waals surface area contributed by atoms with Gasteiger partial charge in [0.05, 0.1) is 0 Å². The molecule has 1 fully saturated rings. The van der Waals surface area contributed by atoms with Gasteiger partial charge in [0.25, 0.3) is 0 Å². The predicted octanol–water partition coefficient (Wildman–Crippen LogP) is 2.60. The van der Waals surface area contributed by atoms with Crippen LogP contribution in [0.25, 0.3) is 0 Å². The number of aryl methyl sites for hydroxylation is 1. The van der Waals surface area contributed by atoms with E-state index in [2.05, 4.69) is 33.2 Å². The normalized spacial score (nSPS) is 20.4. The highest BCUT2D eigenvalue weighted by molar-refractivity contribution is 5.45. The van der Waals surface area contributed by atoms with E-state index in [1.807, 2.05) is 14.0 Å². The van der Waals surface area contributed by atoms with Gasteiger partial charge in [-0.3, -0.25) is 0 Å². The molecule has 0 aromatic carbocycles. The second kappa shape index (κ2) is 5.34. The molecule has 1 atom stereocenters. The summed E-state index contributed by atoms with van der Waals surface area (Å²) in [5, 5.41) is 3.03. The van der Waals surface area contributed by atoms with E-state index in [4.69, 9.17) is 0 Å². The summed E-state index contributed by atoms with van der Waals surface area (Å²) in [4.78, 5) is 11.4. The van der Waals surface area contributed by atoms with Gasteiger partial charge in [-0.2, -0.15) is 4.98 Å². The largest absolute Gasteiger partial charge is 0.357 e. The number of hydrogen-bond acceptors (Lipinski definition) is 4. The van der Waals surface area contributed by atoms with Crippen LogP contribution >= 0.6 is 0 Å². The summed E-state index contributed by atoms with van der Waals surface area (Å²) in [6.07, 6.45) is 5.10. The van der Waals surface area contributed by atoms with Crippen molar-refractivity contribution in [3.05, 3.63) is 11.8 Å². The molecule has 0 radical (unpaired) electrons. The lowest BCUT2D eigenvalue weighted by Gasteiger charge is -2.36. The summed E-state index contributed by atoms with van der Waals surface area (Å²) in [7, 11) is 1.87. The van der Waals surface area contributed by atoms with Gasteiger partial charge >= 0.3 is 0 Å². The summed E-state index contributed by atoms with van der Waals surface area (Å²) in [6.45, 7) is 5.41. The van der Waals surface area contributed by atoms with Crippen molar-refractivity contribution in [3.8, 4) is 0 Å². The molecule has 2 heterocycles. The van der Waals surface area contributed by atoms with Crippen molar-refractivity contribution in [2.45, 2.75) is 45.6 Å². The van der Waals surface area contributed by atoms with Crippen molar-refractivity contribution < 1.29 is 0 Å². The minimum absolute atomic E-state index is 0.641. The first-order valence-corrected chi connectivity index (χ1v) is 6.54. The van der Waals surface area contributed by atoms with Crippen molar-refractivity contribution >= 4 is 11.8 Å². The first-order valence-electron chi connectivity index (χ1n) is 6.54. The van der Waals surface area contributed by atoms with E-state index in [0.29, 0.717) is 6.04 Å². The Kier molecular flexibility index (Phi) is 3.82. The van der Waals surface area contributed by atoms with Gasteiger partial charge in [0, 0.05) is 31.4 Å². The molecular formula is C13H22N4. The van der Waals surface area contributed by atoms with Crippen LogP contribution in [-0.2, 0) is 0 Å². The molecule has 0 bridgehead atoms. The highest BCUT2D eigenvalue weighted by atomic mass is 15.2. The van der Waals surface area contributed by atoms with E-state index < -0.39 is 0 Å². The molecule has 4 nitrogen and oxygen atoms in total. The standard InChI is InChI=1S/C13H22N4/c1-4-11-7-5-6-8-17(11)12-9-10(2)15-13(14-3)16-12/h9,11H,4-8H2,1-3H3,(H,14,15,16). The highest BCUT2D eigenvalue weighted by Gasteiger charge is 2.22. The van der Waals surface area contributed by atoms with Crippen LogP contribution in [0.5, 0.6) is 0 Å². The zero-order valence-corrected chi connectivity index (χ0v) is 11.0. The van der Waals surface area contributed by atoms with Crippen LogP contribution in [0.2, 0.25) is 0 Å². The van der Waals surface area contributed by atoms with Crippen LogP contribution in [-0.4, -0.2) is 29.6 Å². The Bertz CT molecular complexity index is 378. The average molecular weight is 234 g/mol. The van der Waals surface area contributed by atoms with E-state index in [9.17, 15) is 0 Å². The molecule has 94 valence electrons. The molecule has 1 aromatic heterocycles. The van der Waals surface area contributed by atoms with E-state index in [-0.39, 0.29) is 0 Å².